The minimum absolute atomic E-state index is 0.0441. The highest BCUT2D eigenvalue weighted by molar-refractivity contribution is 5.95. The summed E-state index contributed by atoms with van der Waals surface area (Å²) in [6.45, 7) is -0.199. The third-order valence-electron chi connectivity index (χ3n) is 3.28. The molecule has 0 aliphatic rings. The van der Waals surface area contributed by atoms with Crippen molar-refractivity contribution in [2.24, 2.45) is 0 Å². The average Bonchev–Trinajstić information content (AvgIpc) is 2.62. The number of methoxy groups -OCH3 is 1. The lowest BCUT2D eigenvalue weighted by Gasteiger charge is -2.10. The molecule has 0 radical (unpaired) electrons. The third kappa shape index (κ3) is 6.26. The van der Waals surface area contributed by atoms with Crippen LogP contribution >= 0.6 is 0 Å². The maximum Gasteiger partial charge on any atom is 0.262 e. The Hall–Kier alpha value is -3.37. The maximum atomic E-state index is 12.0. The zero-order valence-corrected chi connectivity index (χ0v) is 14.3. The molecule has 0 aromatic heterocycles. The van der Waals surface area contributed by atoms with E-state index in [1.807, 2.05) is 0 Å². The van der Waals surface area contributed by atoms with Crippen LogP contribution in [-0.2, 0) is 20.7 Å². The van der Waals surface area contributed by atoms with E-state index in [-0.39, 0.29) is 25.0 Å². The van der Waals surface area contributed by atoms with Crippen molar-refractivity contribution in [2.75, 3.05) is 31.0 Å². The standard InChI is InChI=1S/C19H19N3O4/c1-25-12-18(23)21-15-3-2-4-16(11-15)22-19(24)13-26-17-7-5-14(6-8-17)9-10-20/h2-8,11H,9,12-13H2,1H3,(H,21,23)(H,22,24). The molecular weight excluding hydrogens is 334 g/mol. The molecule has 7 heteroatoms. The molecule has 26 heavy (non-hydrogen) atoms. The summed E-state index contributed by atoms with van der Waals surface area (Å²) < 4.78 is 10.2. The van der Waals surface area contributed by atoms with Gasteiger partial charge in [-0.3, -0.25) is 9.59 Å². The van der Waals surface area contributed by atoms with Gasteiger partial charge in [0.2, 0.25) is 5.91 Å². The normalized spacial score (nSPS) is 9.85. The van der Waals surface area contributed by atoms with Gasteiger partial charge in [0.1, 0.15) is 12.4 Å². The molecule has 0 unspecified atom stereocenters. The SMILES string of the molecule is COCC(=O)Nc1cccc(NC(=O)COc2ccc(CC#N)cc2)c1. The van der Waals surface area contributed by atoms with Gasteiger partial charge < -0.3 is 20.1 Å². The summed E-state index contributed by atoms with van der Waals surface area (Å²) in [5.74, 6) is -0.0620. The van der Waals surface area contributed by atoms with Gasteiger partial charge in [0, 0.05) is 18.5 Å². The number of hydrogen-bond acceptors (Lipinski definition) is 5. The molecule has 0 aliphatic carbocycles. The second-order valence-corrected chi connectivity index (χ2v) is 5.38. The van der Waals surface area contributed by atoms with Crippen molar-refractivity contribution in [3.05, 3.63) is 54.1 Å². The summed E-state index contributed by atoms with van der Waals surface area (Å²) in [7, 11) is 1.44. The van der Waals surface area contributed by atoms with Crippen molar-refractivity contribution in [2.45, 2.75) is 6.42 Å². The van der Waals surface area contributed by atoms with E-state index in [4.69, 9.17) is 14.7 Å². The van der Waals surface area contributed by atoms with Crippen LogP contribution in [0.1, 0.15) is 5.56 Å². The zero-order valence-electron chi connectivity index (χ0n) is 14.3. The Morgan fingerprint density at radius 2 is 1.62 bits per heavy atom. The van der Waals surface area contributed by atoms with Crippen LogP contribution in [0.2, 0.25) is 0 Å². The number of nitriles is 1. The van der Waals surface area contributed by atoms with Crippen molar-refractivity contribution < 1.29 is 19.1 Å². The van der Waals surface area contributed by atoms with Gasteiger partial charge in [-0.15, -0.1) is 0 Å². The second kappa shape index (κ2) is 9.81. The molecule has 0 saturated carbocycles. The highest BCUT2D eigenvalue weighted by atomic mass is 16.5. The number of ether oxygens (including phenoxy) is 2. The minimum atomic E-state index is -0.327. The molecule has 0 heterocycles. The molecule has 0 atom stereocenters. The number of carbonyl (C=O) groups is 2. The van der Waals surface area contributed by atoms with Crippen molar-refractivity contribution in [3.63, 3.8) is 0 Å². The first-order valence-electron chi connectivity index (χ1n) is 7.88. The van der Waals surface area contributed by atoms with E-state index < -0.39 is 0 Å². The zero-order chi connectivity index (χ0) is 18.8. The molecule has 2 amide bonds. The van der Waals surface area contributed by atoms with E-state index in [0.717, 1.165) is 5.56 Å². The first-order chi connectivity index (χ1) is 12.6. The van der Waals surface area contributed by atoms with Crippen LogP contribution in [-0.4, -0.2) is 32.1 Å². The molecule has 134 valence electrons. The Morgan fingerprint density at radius 3 is 2.19 bits per heavy atom. The van der Waals surface area contributed by atoms with E-state index in [1.54, 1.807) is 48.5 Å². The largest absolute Gasteiger partial charge is 0.484 e. The van der Waals surface area contributed by atoms with Crippen LogP contribution in [0.25, 0.3) is 0 Å². The number of benzene rings is 2. The fourth-order valence-electron chi connectivity index (χ4n) is 2.14. The molecule has 0 bridgehead atoms. The van der Waals surface area contributed by atoms with Gasteiger partial charge in [-0.2, -0.15) is 5.26 Å². The third-order valence-corrected chi connectivity index (χ3v) is 3.28. The second-order valence-electron chi connectivity index (χ2n) is 5.38. The number of hydrogen-bond donors (Lipinski definition) is 2. The Balaban J connectivity index is 1.85. The first kappa shape index (κ1) is 19.0. The number of anilines is 2. The number of carbonyl (C=O) groups excluding carboxylic acids is 2. The van der Waals surface area contributed by atoms with E-state index in [9.17, 15) is 9.59 Å². The lowest BCUT2D eigenvalue weighted by Crippen LogP contribution is -2.20. The van der Waals surface area contributed by atoms with E-state index >= 15 is 0 Å². The number of nitrogens with zero attached hydrogens (tertiary/aromatic N) is 1. The fourth-order valence-corrected chi connectivity index (χ4v) is 2.14. The molecular formula is C19H19N3O4. The molecule has 0 aliphatic heterocycles. The van der Waals surface area contributed by atoms with Gasteiger partial charge in [0.05, 0.1) is 12.5 Å². The molecule has 0 spiro atoms. The maximum absolute atomic E-state index is 12.0. The molecule has 0 saturated heterocycles. The van der Waals surface area contributed by atoms with Crippen LogP contribution in [0.4, 0.5) is 11.4 Å². The predicted molar refractivity (Wildman–Crippen MR) is 96.8 cm³/mol. The highest BCUT2D eigenvalue weighted by Crippen LogP contribution is 2.16. The molecule has 0 fully saturated rings. The molecule has 2 aromatic carbocycles. The summed E-state index contributed by atoms with van der Waals surface area (Å²) in [4.78, 5) is 23.5. The van der Waals surface area contributed by atoms with Gasteiger partial charge in [-0.05, 0) is 35.9 Å². The number of rotatable bonds is 8. The van der Waals surface area contributed by atoms with Gasteiger partial charge in [0.15, 0.2) is 6.61 Å². The van der Waals surface area contributed by atoms with Crippen molar-refractivity contribution >= 4 is 23.2 Å². The van der Waals surface area contributed by atoms with Gasteiger partial charge >= 0.3 is 0 Å². The molecule has 2 aromatic rings. The molecule has 2 N–H and O–H groups in total. The topological polar surface area (TPSA) is 100 Å². The fraction of sp³-hybridized carbons (Fsp3) is 0.211. The van der Waals surface area contributed by atoms with Gasteiger partial charge in [0.25, 0.3) is 5.91 Å². The lowest BCUT2D eigenvalue weighted by atomic mass is 10.2. The monoisotopic (exact) mass is 353 g/mol. The highest BCUT2D eigenvalue weighted by Gasteiger charge is 2.06. The van der Waals surface area contributed by atoms with Crippen LogP contribution in [0.3, 0.4) is 0 Å². The Kier molecular flexibility index (Phi) is 7.16. The van der Waals surface area contributed by atoms with Crippen LogP contribution in [0, 0.1) is 11.3 Å². The van der Waals surface area contributed by atoms with Crippen molar-refractivity contribution in [1.29, 1.82) is 5.26 Å². The molecule has 7 nitrogen and oxygen atoms in total. The summed E-state index contributed by atoms with van der Waals surface area (Å²) in [6.07, 6.45) is 0.331. The van der Waals surface area contributed by atoms with Crippen LogP contribution in [0.5, 0.6) is 5.75 Å². The average molecular weight is 353 g/mol. The summed E-state index contributed by atoms with van der Waals surface area (Å²) in [6, 6.07) is 15.8. The van der Waals surface area contributed by atoms with Crippen molar-refractivity contribution in [1.82, 2.24) is 0 Å². The Morgan fingerprint density at radius 1 is 1.00 bits per heavy atom. The summed E-state index contributed by atoms with van der Waals surface area (Å²) >= 11 is 0. The van der Waals surface area contributed by atoms with E-state index in [1.165, 1.54) is 7.11 Å². The van der Waals surface area contributed by atoms with Gasteiger partial charge in [-0.1, -0.05) is 18.2 Å². The van der Waals surface area contributed by atoms with Crippen LogP contribution in [0.15, 0.2) is 48.5 Å². The van der Waals surface area contributed by atoms with Crippen molar-refractivity contribution in [3.8, 4) is 11.8 Å². The Bertz CT molecular complexity index is 797. The quantitative estimate of drug-likeness (QED) is 0.759. The number of nitrogens with one attached hydrogen (secondary N) is 2. The van der Waals surface area contributed by atoms with Gasteiger partial charge in [-0.25, -0.2) is 0 Å². The number of amides is 2. The van der Waals surface area contributed by atoms with Crippen LogP contribution < -0.4 is 15.4 Å². The predicted octanol–water partition coefficient (Wildman–Crippen LogP) is 2.36. The van der Waals surface area contributed by atoms with E-state index in [0.29, 0.717) is 23.5 Å². The lowest BCUT2D eigenvalue weighted by molar-refractivity contribution is -0.119. The summed E-state index contributed by atoms with van der Waals surface area (Å²) in [5.41, 5.74) is 1.98. The minimum Gasteiger partial charge on any atom is -0.484 e. The Labute approximate surface area is 151 Å². The molecule has 2 rings (SSSR count). The summed E-state index contributed by atoms with van der Waals surface area (Å²) in [5, 5.41) is 14.0. The first-order valence-corrected chi connectivity index (χ1v) is 7.88. The smallest absolute Gasteiger partial charge is 0.262 e. The van der Waals surface area contributed by atoms with E-state index in [2.05, 4.69) is 16.7 Å².